The Labute approximate surface area is 187 Å². The fraction of sp³-hybridized carbons (Fsp3) is 0.409. The van der Waals surface area contributed by atoms with Gasteiger partial charge in [0.05, 0.1) is 23.7 Å². The molecule has 2 aromatic carbocycles. The number of nitrogens with zero attached hydrogens (tertiary/aromatic N) is 1. The third kappa shape index (κ3) is 5.79. The Bertz CT molecular complexity index is 876. The number of ether oxygens (including phenoxy) is 2. The molecule has 0 aliphatic carbocycles. The maximum atomic E-state index is 12.3. The Balaban J connectivity index is 1.71. The van der Waals surface area contributed by atoms with E-state index in [1.165, 1.54) is 0 Å². The highest BCUT2D eigenvalue weighted by Crippen LogP contribution is 2.40. The lowest BCUT2D eigenvalue weighted by Crippen LogP contribution is -2.46. The summed E-state index contributed by atoms with van der Waals surface area (Å²) in [4.78, 5) is 14.4. The predicted octanol–water partition coefficient (Wildman–Crippen LogP) is 4.76. The summed E-state index contributed by atoms with van der Waals surface area (Å²) in [6.45, 7) is 7.98. The fourth-order valence-electron chi connectivity index (χ4n) is 3.35. The monoisotopic (exact) mass is 451 g/mol. The van der Waals surface area contributed by atoms with Crippen LogP contribution in [0.4, 0.5) is 5.69 Å². The largest absolute Gasteiger partial charge is 0.496 e. The molecule has 0 bridgehead atoms. The van der Waals surface area contributed by atoms with Crippen molar-refractivity contribution in [2.75, 3.05) is 45.2 Å². The quantitative estimate of drug-likeness (QED) is 0.634. The lowest BCUT2D eigenvalue weighted by molar-refractivity contribution is -0.117. The van der Waals surface area contributed by atoms with Crippen molar-refractivity contribution in [3.8, 4) is 17.2 Å². The number of hydrogen-bond acceptors (Lipinski definition) is 5. The molecule has 0 unspecified atom stereocenters. The summed E-state index contributed by atoms with van der Waals surface area (Å²) in [6, 6.07) is 8.87. The number of nitrogens with one attached hydrogen (secondary N) is 2. The molecule has 3 rings (SSSR count). The Hall–Kier alpha value is -1.99. The molecule has 1 aliphatic heterocycles. The summed E-state index contributed by atoms with van der Waals surface area (Å²) in [5.74, 6) is 1.92. The van der Waals surface area contributed by atoms with E-state index in [2.05, 4.69) is 29.4 Å². The van der Waals surface area contributed by atoms with Crippen molar-refractivity contribution in [2.24, 2.45) is 0 Å². The van der Waals surface area contributed by atoms with Crippen LogP contribution >= 0.6 is 23.2 Å². The molecule has 1 heterocycles. The molecule has 1 aliphatic rings. The van der Waals surface area contributed by atoms with E-state index in [1.54, 1.807) is 25.3 Å². The number of halogens is 2. The van der Waals surface area contributed by atoms with Crippen molar-refractivity contribution in [3.63, 3.8) is 0 Å². The van der Waals surface area contributed by atoms with E-state index in [0.717, 1.165) is 37.5 Å². The van der Waals surface area contributed by atoms with Crippen molar-refractivity contribution in [1.29, 1.82) is 0 Å². The standard InChI is InChI=1S/C22H27Cl2N3O3/c1-14(2)17-12-16(4-5-20(17)29-3)30-22-18(23)10-15(11-19(22)24)26-21(28)13-27-8-6-25-7-9-27/h4-5,10-12,14,25H,6-9,13H2,1-3H3,(H,26,28). The summed E-state index contributed by atoms with van der Waals surface area (Å²) in [5, 5.41) is 6.77. The van der Waals surface area contributed by atoms with Crippen LogP contribution in [0.5, 0.6) is 17.2 Å². The van der Waals surface area contributed by atoms with E-state index >= 15 is 0 Å². The number of hydrogen-bond donors (Lipinski definition) is 2. The summed E-state index contributed by atoms with van der Waals surface area (Å²) in [5.41, 5.74) is 1.56. The van der Waals surface area contributed by atoms with Crippen LogP contribution in [-0.4, -0.2) is 50.6 Å². The number of piperazine rings is 1. The van der Waals surface area contributed by atoms with Gasteiger partial charge in [-0.15, -0.1) is 0 Å². The second-order valence-electron chi connectivity index (χ2n) is 7.50. The van der Waals surface area contributed by atoms with Gasteiger partial charge < -0.3 is 20.1 Å². The number of benzene rings is 2. The maximum Gasteiger partial charge on any atom is 0.238 e. The number of rotatable bonds is 7. The van der Waals surface area contributed by atoms with Crippen molar-refractivity contribution < 1.29 is 14.3 Å². The third-order valence-electron chi connectivity index (χ3n) is 4.90. The van der Waals surface area contributed by atoms with Gasteiger partial charge in [-0.05, 0) is 36.2 Å². The third-order valence-corrected chi connectivity index (χ3v) is 5.46. The van der Waals surface area contributed by atoms with Crippen LogP contribution in [0.3, 0.4) is 0 Å². The minimum absolute atomic E-state index is 0.102. The van der Waals surface area contributed by atoms with E-state index in [-0.39, 0.29) is 11.8 Å². The lowest BCUT2D eigenvalue weighted by Gasteiger charge is -2.26. The number of carbonyl (C=O) groups excluding carboxylic acids is 1. The molecular formula is C22H27Cl2N3O3. The van der Waals surface area contributed by atoms with Crippen molar-refractivity contribution in [1.82, 2.24) is 10.2 Å². The van der Waals surface area contributed by atoms with Crippen molar-refractivity contribution in [2.45, 2.75) is 19.8 Å². The van der Waals surface area contributed by atoms with Gasteiger partial charge in [0.25, 0.3) is 0 Å². The van der Waals surface area contributed by atoms with E-state index in [4.69, 9.17) is 32.7 Å². The molecule has 0 saturated carbocycles. The van der Waals surface area contributed by atoms with E-state index < -0.39 is 0 Å². The van der Waals surface area contributed by atoms with Crippen molar-refractivity contribution in [3.05, 3.63) is 45.9 Å². The first-order chi connectivity index (χ1) is 14.4. The average molecular weight is 452 g/mol. The maximum absolute atomic E-state index is 12.3. The van der Waals surface area contributed by atoms with Crippen LogP contribution in [0, 0.1) is 0 Å². The normalized spacial score (nSPS) is 14.6. The molecule has 162 valence electrons. The molecule has 0 atom stereocenters. The Morgan fingerprint density at radius 2 is 1.83 bits per heavy atom. The molecule has 0 radical (unpaired) electrons. The highest BCUT2D eigenvalue weighted by atomic mass is 35.5. The molecule has 8 heteroatoms. The zero-order valence-corrected chi connectivity index (χ0v) is 18.9. The van der Waals surface area contributed by atoms with Crippen LogP contribution in [0.1, 0.15) is 25.3 Å². The zero-order chi connectivity index (χ0) is 21.7. The first kappa shape index (κ1) is 22.7. The fourth-order valence-corrected chi connectivity index (χ4v) is 3.91. The highest BCUT2D eigenvalue weighted by Gasteiger charge is 2.17. The van der Waals surface area contributed by atoms with E-state index in [1.807, 2.05) is 12.1 Å². The predicted molar refractivity (Wildman–Crippen MR) is 122 cm³/mol. The summed E-state index contributed by atoms with van der Waals surface area (Å²) < 4.78 is 11.4. The SMILES string of the molecule is COc1ccc(Oc2c(Cl)cc(NC(=O)CN3CCNCC3)cc2Cl)cc1C(C)C. The Morgan fingerprint density at radius 1 is 1.17 bits per heavy atom. The number of amides is 1. The second-order valence-corrected chi connectivity index (χ2v) is 8.32. The van der Waals surface area contributed by atoms with Gasteiger partial charge in [0.1, 0.15) is 11.5 Å². The van der Waals surface area contributed by atoms with Crippen molar-refractivity contribution >= 4 is 34.8 Å². The average Bonchev–Trinajstić information content (AvgIpc) is 2.71. The summed E-state index contributed by atoms with van der Waals surface area (Å²) >= 11 is 12.8. The molecule has 2 aromatic rings. The smallest absolute Gasteiger partial charge is 0.238 e. The van der Waals surface area contributed by atoms with Crippen LogP contribution in [-0.2, 0) is 4.79 Å². The van der Waals surface area contributed by atoms with Crippen LogP contribution < -0.4 is 20.1 Å². The van der Waals surface area contributed by atoms with Gasteiger partial charge in [-0.2, -0.15) is 0 Å². The molecule has 1 saturated heterocycles. The van der Waals surface area contributed by atoms with Crippen LogP contribution in [0.15, 0.2) is 30.3 Å². The van der Waals surface area contributed by atoms with E-state index in [9.17, 15) is 4.79 Å². The molecule has 1 amide bonds. The first-order valence-electron chi connectivity index (χ1n) is 9.95. The molecule has 1 fully saturated rings. The summed E-state index contributed by atoms with van der Waals surface area (Å²) in [7, 11) is 1.64. The zero-order valence-electron chi connectivity index (χ0n) is 17.4. The van der Waals surface area contributed by atoms with Crippen LogP contribution in [0.25, 0.3) is 0 Å². The summed E-state index contributed by atoms with van der Waals surface area (Å²) in [6.07, 6.45) is 0. The van der Waals surface area contributed by atoms with Gasteiger partial charge in [-0.25, -0.2) is 0 Å². The number of anilines is 1. The number of methoxy groups -OCH3 is 1. The highest BCUT2D eigenvalue weighted by molar-refractivity contribution is 6.37. The van der Waals surface area contributed by atoms with Gasteiger partial charge in [0.15, 0.2) is 5.75 Å². The Morgan fingerprint density at radius 3 is 2.43 bits per heavy atom. The minimum Gasteiger partial charge on any atom is -0.496 e. The van der Waals surface area contributed by atoms with Crippen LogP contribution in [0.2, 0.25) is 10.0 Å². The van der Waals surface area contributed by atoms with Gasteiger partial charge in [-0.1, -0.05) is 37.0 Å². The van der Waals surface area contributed by atoms with Gasteiger partial charge in [0.2, 0.25) is 5.91 Å². The molecule has 0 spiro atoms. The number of carbonyl (C=O) groups is 1. The molecule has 2 N–H and O–H groups in total. The van der Waals surface area contributed by atoms with E-state index in [0.29, 0.717) is 33.8 Å². The molecule has 0 aromatic heterocycles. The van der Waals surface area contributed by atoms with Gasteiger partial charge in [0, 0.05) is 37.4 Å². The molecular weight excluding hydrogens is 425 g/mol. The van der Waals surface area contributed by atoms with Gasteiger partial charge in [-0.3, -0.25) is 9.69 Å². The topological polar surface area (TPSA) is 62.8 Å². The lowest BCUT2D eigenvalue weighted by atomic mass is 10.0. The van der Waals surface area contributed by atoms with Gasteiger partial charge >= 0.3 is 0 Å². The first-order valence-corrected chi connectivity index (χ1v) is 10.7. The molecule has 30 heavy (non-hydrogen) atoms. The second kappa shape index (κ2) is 10.4. The minimum atomic E-state index is -0.102. The Kier molecular flexibility index (Phi) is 7.83. The molecule has 6 nitrogen and oxygen atoms in total.